The minimum atomic E-state index is -0.761. The van der Waals surface area contributed by atoms with Gasteiger partial charge in [-0.05, 0) is 25.2 Å². The molecule has 0 N–H and O–H groups in total. The molecule has 0 bridgehead atoms. The van der Waals surface area contributed by atoms with Gasteiger partial charge in [-0.3, -0.25) is 14.4 Å². The van der Waals surface area contributed by atoms with Crippen LogP contribution in [-0.4, -0.2) is 37.2 Å². The van der Waals surface area contributed by atoms with Crippen molar-refractivity contribution >= 4 is 17.9 Å². The van der Waals surface area contributed by atoms with E-state index in [-0.39, 0.29) is 31.1 Å². The fourth-order valence-electron chi connectivity index (χ4n) is 8.36. The van der Waals surface area contributed by atoms with Crippen molar-refractivity contribution in [2.45, 2.75) is 316 Å². The van der Waals surface area contributed by atoms with Crippen molar-refractivity contribution < 1.29 is 28.6 Å². The average molecular weight is 863 g/mol. The molecule has 6 heteroatoms. The number of unbranched alkanes of at least 4 members (excludes halogenated alkanes) is 36. The molecule has 0 spiro atoms. The zero-order valence-electron chi connectivity index (χ0n) is 41.6. The fourth-order valence-corrected chi connectivity index (χ4v) is 8.36. The van der Waals surface area contributed by atoms with Crippen molar-refractivity contribution in [3.63, 3.8) is 0 Å². The molecular formula is C55H106O6. The fraction of sp³-hybridized carbons (Fsp3) is 0.945. The third-order valence-electron chi connectivity index (χ3n) is 12.9. The van der Waals surface area contributed by atoms with E-state index in [2.05, 4.69) is 27.7 Å². The average Bonchev–Trinajstić information content (AvgIpc) is 3.26. The van der Waals surface area contributed by atoms with Gasteiger partial charge in [0, 0.05) is 19.3 Å². The number of hydrogen-bond acceptors (Lipinski definition) is 6. The molecule has 0 saturated heterocycles. The van der Waals surface area contributed by atoms with E-state index in [1.807, 2.05) is 0 Å². The van der Waals surface area contributed by atoms with Crippen molar-refractivity contribution in [1.29, 1.82) is 0 Å². The van der Waals surface area contributed by atoms with Gasteiger partial charge in [0.25, 0.3) is 0 Å². The summed E-state index contributed by atoms with van der Waals surface area (Å²) in [5.74, 6) is 0.00648. The third kappa shape index (κ3) is 47.7. The molecule has 0 aromatic carbocycles. The molecule has 0 aromatic rings. The van der Waals surface area contributed by atoms with Crippen molar-refractivity contribution in [2.75, 3.05) is 13.2 Å². The molecule has 0 saturated carbocycles. The molecule has 6 nitrogen and oxygen atoms in total. The summed E-state index contributed by atoms with van der Waals surface area (Å²) in [7, 11) is 0. The summed E-state index contributed by atoms with van der Waals surface area (Å²) < 4.78 is 16.8. The van der Waals surface area contributed by atoms with Crippen molar-refractivity contribution in [2.24, 2.45) is 5.92 Å². The second kappa shape index (κ2) is 49.4. The molecule has 0 amide bonds. The van der Waals surface area contributed by atoms with Gasteiger partial charge in [0.2, 0.25) is 0 Å². The van der Waals surface area contributed by atoms with Crippen molar-refractivity contribution in [3.05, 3.63) is 0 Å². The van der Waals surface area contributed by atoms with Gasteiger partial charge in [0.05, 0.1) is 0 Å². The second-order valence-electron chi connectivity index (χ2n) is 19.1. The van der Waals surface area contributed by atoms with Crippen LogP contribution < -0.4 is 0 Å². The van der Waals surface area contributed by atoms with E-state index in [4.69, 9.17) is 14.2 Å². The number of esters is 3. The Morgan fingerprint density at radius 2 is 0.574 bits per heavy atom. The maximum Gasteiger partial charge on any atom is 0.306 e. The lowest BCUT2D eigenvalue weighted by Gasteiger charge is -2.18. The predicted molar refractivity (Wildman–Crippen MR) is 261 cm³/mol. The molecule has 362 valence electrons. The zero-order valence-corrected chi connectivity index (χ0v) is 41.6. The molecule has 0 rings (SSSR count). The van der Waals surface area contributed by atoms with Gasteiger partial charge in [-0.2, -0.15) is 0 Å². The minimum Gasteiger partial charge on any atom is -0.462 e. The Hall–Kier alpha value is -1.59. The summed E-state index contributed by atoms with van der Waals surface area (Å²) in [5, 5.41) is 0. The normalized spacial score (nSPS) is 12.4. The summed E-state index contributed by atoms with van der Waals surface area (Å²) in [6.07, 6.45) is 52.3. The Labute approximate surface area is 380 Å². The molecule has 2 atom stereocenters. The lowest BCUT2D eigenvalue weighted by molar-refractivity contribution is -0.167. The number of carbonyl (C=O) groups excluding carboxylic acids is 3. The summed E-state index contributed by atoms with van der Waals surface area (Å²) in [6.45, 7) is 9.05. The molecular weight excluding hydrogens is 757 g/mol. The van der Waals surface area contributed by atoms with Gasteiger partial charge >= 0.3 is 17.9 Å². The Kier molecular flexibility index (Phi) is 48.1. The highest BCUT2D eigenvalue weighted by Gasteiger charge is 2.19. The van der Waals surface area contributed by atoms with Gasteiger partial charge in [-0.1, -0.05) is 272 Å². The van der Waals surface area contributed by atoms with Crippen LogP contribution in [0.5, 0.6) is 0 Å². The van der Waals surface area contributed by atoms with E-state index in [0.717, 1.165) is 63.7 Å². The lowest BCUT2D eigenvalue weighted by Crippen LogP contribution is -2.30. The van der Waals surface area contributed by atoms with Crippen LogP contribution in [0.15, 0.2) is 0 Å². The first-order valence-electron chi connectivity index (χ1n) is 27.4. The van der Waals surface area contributed by atoms with Crippen LogP contribution >= 0.6 is 0 Å². The molecule has 0 heterocycles. The molecule has 0 fully saturated rings. The lowest BCUT2D eigenvalue weighted by atomic mass is 9.99. The van der Waals surface area contributed by atoms with E-state index in [9.17, 15) is 14.4 Å². The summed E-state index contributed by atoms with van der Waals surface area (Å²) in [6, 6.07) is 0. The Balaban J connectivity index is 4.29. The van der Waals surface area contributed by atoms with Crippen molar-refractivity contribution in [3.8, 4) is 0 Å². The monoisotopic (exact) mass is 863 g/mol. The number of carbonyl (C=O) groups is 3. The number of hydrogen-bond donors (Lipinski definition) is 0. The van der Waals surface area contributed by atoms with E-state index >= 15 is 0 Å². The highest BCUT2D eigenvalue weighted by molar-refractivity contribution is 5.71. The minimum absolute atomic E-state index is 0.0626. The third-order valence-corrected chi connectivity index (χ3v) is 12.9. The summed E-state index contributed by atoms with van der Waals surface area (Å²) in [4.78, 5) is 38.0. The molecule has 0 aliphatic heterocycles. The standard InChI is InChI=1S/C55H106O6/c1-5-8-10-12-14-16-18-20-22-23-24-26-27-29-34-38-42-46-53(56)59-49-52(50-60-54(57)47-43-39-35-32-31-33-37-41-45-51(4)7-3)61-55(58)48-44-40-36-30-28-25-21-19-17-15-13-11-9-6-2/h51-52H,5-50H2,1-4H3/t51?,52-/m1/s1. The van der Waals surface area contributed by atoms with Gasteiger partial charge in [0.15, 0.2) is 6.10 Å². The van der Waals surface area contributed by atoms with Crippen LogP contribution in [0.1, 0.15) is 310 Å². The predicted octanol–water partition coefficient (Wildman–Crippen LogP) is 17.8. The summed E-state index contributed by atoms with van der Waals surface area (Å²) >= 11 is 0. The molecule has 0 aliphatic carbocycles. The Bertz CT molecular complexity index is 920. The second-order valence-corrected chi connectivity index (χ2v) is 19.1. The van der Waals surface area contributed by atoms with Gasteiger partial charge in [-0.15, -0.1) is 0 Å². The molecule has 0 radical (unpaired) electrons. The summed E-state index contributed by atoms with van der Waals surface area (Å²) in [5.41, 5.74) is 0. The van der Waals surface area contributed by atoms with Crippen LogP contribution in [0.4, 0.5) is 0 Å². The van der Waals surface area contributed by atoms with Crippen LogP contribution in [0.2, 0.25) is 0 Å². The van der Waals surface area contributed by atoms with E-state index < -0.39 is 6.10 Å². The highest BCUT2D eigenvalue weighted by Crippen LogP contribution is 2.18. The first-order chi connectivity index (χ1) is 29.9. The number of rotatable bonds is 50. The first kappa shape index (κ1) is 59.4. The molecule has 1 unspecified atom stereocenters. The molecule has 0 aromatic heterocycles. The van der Waals surface area contributed by atoms with Gasteiger partial charge in [-0.25, -0.2) is 0 Å². The largest absolute Gasteiger partial charge is 0.462 e. The topological polar surface area (TPSA) is 78.9 Å². The first-order valence-corrected chi connectivity index (χ1v) is 27.4. The highest BCUT2D eigenvalue weighted by atomic mass is 16.6. The van der Waals surface area contributed by atoms with Gasteiger partial charge < -0.3 is 14.2 Å². The maximum atomic E-state index is 12.8. The Morgan fingerprint density at radius 1 is 0.328 bits per heavy atom. The van der Waals surface area contributed by atoms with Crippen LogP contribution in [0.3, 0.4) is 0 Å². The van der Waals surface area contributed by atoms with Crippen LogP contribution in [0, 0.1) is 5.92 Å². The van der Waals surface area contributed by atoms with Crippen LogP contribution in [0.25, 0.3) is 0 Å². The molecule has 61 heavy (non-hydrogen) atoms. The van der Waals surface area contributed by atoms with E-state index in [1.165, 1.54) is 205 Å². The van der Waals surface area contributed by atoms with Crippen LogP contribution in [-0.2, 0) is 28.6 Å². The number of ether oxygens (including phenoxy) is 3. The quantitative estimate of drug-likeness (QED) is 0.0344. The van der Waals surface area contributed by atoms with Crippen molar-refractivity contribution in [1.82, 2.24) is 0 Å². The van der Waals surface area contributed by atoms with Gasteiger partial charge in [0.1, 0.15) is 13.2 Å². The smallest absolute Gasteiger partial charge is 0.306 e. The SMILES string of the molecule is CCCCCCCCCCCCCCCCCCCC(=O)OC[C@H](COC(=O)CCCCCCCCCCC(C)CC)OC(=O)CCCCCCCCCCCCCCCC. The maximum absolute atomic E-state index is 12.8. The Morgan fingerprint density at radius 3 is 0.852 bits per heavy atom. The molecule has 0 aliphatic rings. The van der Waals surface area contributed by atoms with E-state index in [1.54, 1.807) is 0 Å². The zero-order chi connectivity index (χ0) is 44.5. The van der Waals surface area contributed by atoms with E-state index in [0.29, 0.717) is 19.3 Å².